The van der Waals surface area contributed by atoms with E-state index in [2.05, 4.69) is 5.32 Å². The number of amides is 2. The Morgan fingerprint density at radius 1 is 1.00 bits per heavy atom. The van der Waals surface area contributed by atoms with Crippen molar-refractivity contribution < 1.29 is 19.1 Å². The molecule has 0 fully saturated rings. The first-order valence-corrected chi connectivity index (χ1v) is 14.8. The first-order chi connectivity index (χ1) is 20.8. The highest BCUT2D eigenvalue weighted by Crippen LogP contribution is 2.37. The number of nitrogens with zero attached hydrogens (tertiary/aromatic N) is 2. The zero-order valence-corrected chi connectivity index (χ0v) is 25.7. The fourth-order valence-electron chi connectivity index (χ4n) is 4.26. The van der Waals surface area contributed by atoms with E-state index in [0.717, 1.165) is 26.4 Å². The second-order valence-corrected chi connectivity index (χ2v) is 11.2. The van der Waals surface area contributed by atoms with Gasteiger partial charge in [0.25, 0.3) is 0 Å². The summed E-state index contributed by atoms with van der Waals surface area (Å²) in [7, 11) is 3.16. The van der Waals surface area contributed by atoms with E-state index in [-0.39, 0.29) is 24.1 Å². The molecule has 0 saturated carbocycles. The second kappa shape index (κ2) is 13.7. The van der Waals surface area contributed by atoms with Gasteiger partial charge < -0.3 is 19.7 Å². The van der Waals surface area contributed by atoms with Crippen molar-refractivity contribution in [1.82, 2.24) is 10.3 Å². The molecule has 0 aliphatic carbocycles. The number of benzene rings is 4. The van der Waals surface area contributed by atoms with Crippen LogP contribution in [0.3, 0.4) is 0 Å². The maximum Gasteiger partial charge on any atom is 0.246 e. The van der Waals surface area contributed by atoms with E-state index in [1.807, 2.05) is 66.7 Å². The lowest BCUT2D eigenvalue weighted by Gasteiger charge is -2.21. The largest absolute Gasteiger partial charge is 0.497 e. The Balaban J connectivity index is 1.25. The maximum atomic E-state index is 12.9. The van der Waals surface area contributed by atoms with Gasteiger partial charge in [-0.05, 0) is 48.0 Å². The minimum atomic E-state index is -0.410. The number of likely N-dealkylation sites (N-methyl/N-ethyl adjacent to an activating group) is 1. The Bertz CT molecular complexity index is 1810. The number of thiazole rings is 1. The Labute approximate surface area is 263 Å². The van der Waals surface area contributed by atoms with Gasteiger partial charge in [-0.1, -0.05) is 71.7 Å². The fourth-order valence-corrected chi connectivity index (χ4v) is 5.86. The molecule has 5 rings (SSSR count). The number of hydrogen-bond acceptors (Lipinski definition) is 6. The third-order valence-electron chi connectivity index (χ3n) is 6.61. The summed E-state index contributed by atoms with van der Waals surface area (Å²) in [5.41, 5.74) is 3.54. The van der Waals surface area contributed by atoms with Crippen molar-refractivity contribution in [2.24, 2.45) is 0 Å². The van der Waals surface area contributed by atoms with Gasteiger partial charge in [-0.25, -0.2) is 4.98 Å². The standard InChI is InChI=1S/C33H27Cl2N3O4S/c1-38(30(40)19-36-29(39)17-14-21-8-6-11-23(18-21)41-2)26-16-15-25(34)24(31(26)35)20-42-27-12-7-13-28-32(27)37-33(43-28)22-9-4-3-5-10-22/h3-18H,19-20H2,1-2H3,(H,36,39). The van der Waals surface area contributed by atoms with Crippen molar-refractivity contribution in [1.29, 1.82) is 0 Å². The van der Waals surface area contributed by atoms with E-state index in [1.54, 1.807) is 49.8 Å². The van der Waals surface area contributed by atoms with E-state index in [9.17, 15) is 9.59 Å². The van der Waals surface area contributed by atoms with Crippen molar-refractivity contribution >= 4 is 68.3 Å². The molecule has 0 saturated heterocycles. The number of methoxy groups -OCH3 is 1. The molecular formula is C33H27Cl2N3O4S. The predicted octanol–water partition coefficient (Wildman–Crippen LogP) is 7.65. The van der Waals surface area contributed by atoms with Crippen LogP contribution in [0.1, 0.15) is 11.1 Å². The molecule has 5 aromatic rings. The third kappa shape index (κ3) is 7.17. The molecule has 7 nitrogen and oxygen atoms in total. The number of anilines is 1. The molecule has 10 heteroatoms. The number of nitrogens with one attached hydrogen (secondary N) is 1. The zero-order valence-electron chi connectivity index (χ0n) is 23.3. The molecule has 1 heterocycles. The molecule has 218 valence electrons. The molecule has 0 atom stereocenters. The van der Waals surface area contributed by atoms with E-state index >= 15 is 0 Å². The molecule has 0 aliphatic rings. The summed E-state index contributed by atoms with van der Waals surface area (Å²) in [5, 5.41) is 4.19. The van der Waals surface area contributed by atoms with E-state index in [1.165, 1.54) is 11.0 Å². The SMILES string of the molecule is COc1cccc(C=CC(=O)NCC(=O)N(C)c2ccc(Cl)c(COc3cccc4sc(-c5ccccc5)nc34)c2Cl)c1. The Kier molecular flexibility index (Phi) is 9.61. The molecule has 1 aromatic heterocycles. The molecule has 0 radical (unpaired) electrons. The van der Waals surface area contributed by atoms with E-state index < -0.39 is 5.91 Å². The number of rotatable bonds is 10. The van der Waals surface area contributed by atoms with Crippen LogP contribution in [0.2, 0.25) is 10.0 Å². The van der Waals surface area contributed by atoms with Crippen LogP contribution in [0.25, 0.3) is 26.9 Å². The Hall–Kier alpha value is -4.37. The van der Waals surface area contributed by atoms with Crippen molar-refractivity contribution in [3.05, 3.63) is 112 Å². The molecule has 1 N–H and O–H groups in total. The first-order valence-electron chi connectivity index (χ1n) is 13.2. The minimum Gasteiger partial charge on any atom is -0.497 e. The molecule has 43 heavy (non-hydrogen) atoms. The summed E-state index contributed by atoms with van der Waals surface area (Å²) in [6, 6.07) is 26.3. The lowest BCUT2D eigenvalue weighted by molar-refractivity contribution is -0.122. The van der Waals surface area contributed by atoms with Gasteiger partial charge in [0.05, 0.1) is 29.1 Å². The second-order valence-electron chi connectivity index (χ2n) is 9.42. The van der Waals surface area contributed by atoms with Gasteiger partial charge in [-0.15, -0.1) is 11.3 Å². The highest BCUT2D eigenvalue weighted by Gasteiger charge is 2.20. The predicted molar refractivity (Wildman–Crippen MR) is 174 cm³/mol. The van der Waals surface area contributed by atoms with Crippen LogP contribution in [0.5, 0.6) is 11.5 Å². The number of carbonyl (C=O) groups is 2. The van der Waals surface area contributed by atoms with E-state index in [0.29, 0.717) is 27.8 Å². The highest BCUT2D eigenvalue weighted by atomic mass is 35.5. The van der Waals surface area contributed by atoms with Crippen LogP contribution in [0, 0.1) is 0 Å². The van der Waals surface area contributed by atoms with Gasteiger partial charge in [-0.3, -0.25) is 9.59 Å². The van der Waals surface area contributed by atoms with Gasteiger partial charge in [0.1, 0.15) is 28.6 Å². The van der Waals surface area contributed by atoms with Gasteiger partial charge in [0.15, 0.2) is 0 Å². The molecular weight excluding hydrogens is 605 g/mol. The number of halogens is 2. The van der Waals surface area contributed by atoms with Crippen molar-refractivity contribution in [3.63, 3.8) is 0 Å². The highest BCUT2D eigenvalue weighted by molar-refractivity contribution is 7.21. The number of carbonyl (C=O) groups excluding carboxylic acids is 2. The lowest BCUT2D eigenvalue weighted by Crippen LogP contribution is -2.37. The Morgan fingerprint density at radius 3 is 2.58 bits per heavy atom. The first kappa shape index (κ1) is 30.1. The average molecular weight is 633 g/mol. The minimum absolute atomic E-state index is 0.0661. The molecule has 0 aliphatic heterocycles. The summed E-state index contributed by atoms with van der Waals surface area (Å²) >= 11 is 14.8. The summed E-state index contributed by atoms with van der Waals surface area (Å²) in [4.78, 5) is 31.5. The van der Waals surface area contributed by atoms with Gasteiger partial charge in [-0.2, -0.15) is 0 Å². The monoisotopic (exact) mass is 631 g/mol. The number of fused-ring (bicyclic) bond motifs is 1. The zero-order chi connectivity index (χ0) is 30.3. The Morgan fingerprint density at radius 2 is 1.79 bits per heavy atom. The number of aromatic nitrogens is 1. The normalized spacial score (nSPS) is 11.1. The topological polar surface area (TPSA) is 80.8 Å². The fraction of sp³-hybridized carbons (Fsp3) is 0.121. The van der Waals surface area contributed by atoms with Crippen LogP contribution < -0.4 is 19.7 Å². The van der Waals surface area contributed by atoms with Gasteiger partial charge in [0.2, 0.25) is 11.8 Å². The molecule has 0 spiro atoms. The van der Waals surface area contributed by atoms with Crippen LogP contribution in [-0.2, 0) is 16.2 Å². The molecule has 2 amide bonds. The van der Waals surface area contributed by atoms with Crippen molar-refractivity contribution in [3.8, 4) is 22.1 Å². The average Bonchev–Trinajstić information content (AvgIpc) is 3.48. The maximum absolute atomic E-state index is 12.9. The molecule has 4 aromatic carbocycles. The number of hydrogen-bond donors (Lipinski definition) is 1. The molecule has 0 bridgehead atoms. The van der Waals surface area contributed by atoms with Gasteiger partial charge in [0, 0.05) is 29.3 Å². The number of ether oxygens (including phenoxy) is 2. The molecule has 0 unspecified atom stereocenters. The number of para-hydroxylation sites is 1. The van der Waals surface area contributed by atoms with E-state index in [4.69, 9.17) is 37.7 Å². The smallest absolute Gasteiger partial charge is 0.246 e. The van der Waals surface area contributed by atoms with Crippen LogP contribution in [-0.4, -0.2) is 37.5 Å². The van der Waals surface area contributed by atoms with Crippen LogP contribution >= 0.6 is 34.5 Å². The lowest BCUT2D eigenvalue weighted by atomic mass is 10.2. The quantitative estimate of drug-likeness (QED) is 0.160. The van der Waals surface area contributed by atoms with Crippen molar-refractivity contribution in [2.45, 2.75) is 6.61 Å². The summed E-state index contributed by atoms with van der Waals surface area (Å²) in [5.74, 6) is 0.511. The summed E-state index contributed by atoms with van der Waals surface area (Å²) in [6.07, 6.45) is 3.00. The summed E-state index contributed by atoms with van der Waals surface area (Å²) < 4.78 is 12.4. The third-order valence-corrected chi connectivity index (χ3v) is 8.46. The van der Waals surface area contributed by atoms with Gasteiger partial charge >= 0.3 is 0 Å². The summed E-state index contributed by atoms with van der Waals surface area (Å²) in [6.45, 7) is -0.158. The van der Waals surface area contributed by atoms with Crippen molar-refractivity contribution in [2.75, 3.05) is 25.6 Å². The van der Waals surface area contributed by atoms with Crippen LogP contribution in [0.4, 0.5) is 5.69 Å². The van der Waals surface area contributed by atoms with Crippen LogP contribution in [0.15, 0.2) is 91.0 Å².